The van der Waals surface area contributed by atoms with Crippen molar-refractivity contribution in [1.29, 1.82) is 0 Å². The number of nitrogens with two attached hydrogens (primary N) is 1. The summed E-state index contributed by atoms with van der Waals surface area (Å²) in [6.07, 6.45) is 0. The number of carbonyl (C=O) groups excluding carboxylic acids is 2. The van der Waals surface area contributed by atoms with Crippen LogP contribution in [0.15, 0.2) is 84.9 Å². The van der Waals surface area contributed by atoms with E-state index in [0.717, 1.165) is 0 Å². The molecule has 6 nitrogen and oxygen atoms in total. The molecule has 0 fully saturated rings. The minimum atomic E-state index is -0.511. The fourth-order valence-corrected chi connectivity index (χ4v) is 3.72. The van der Waals surface area contributed by atoms with Gasteiger partial charge in [0.2, 0.25) is 5.75 Å². The molecule has 1 aliphatic carbocycles. The summed E-state index contributed by atoms with van der Waals surface area (Å²) >= 11 is 0. The number of phenols is 1. The van der Waals surface area contributed by atoms with Crippen LogP contribution < -0.4 is 15.2 Å². The molecule has 4 aromatic carbocycles. The quantitative estimate of drug-likeness (QED) is 0.299. The summed E-state index contributed by atoms with van der Waals surface area (Å²) in [7, 11) is 0. The second-order valence-electron chi connectivity index (χ2n) is 7.20. The first-order valence-electron chi connectivity index (χ1n) is 9.89. The number of carbonyl (C=O) groups is 2. The van der Waals surface area contributed by atoms with Crippen molar-refractivity contribution in [2.45, 2.75) is 0 Å². The van der Waals surface area contributed by atoms with Crippen LogP contribution in [0.4, 0.5) is 5.69 Å². The maximum Gasteiger partial charge on any atom is 0.214 e. The average molecular weight is 423 g/mol. The van der Waals surface area contributed by atoms with Gasteiger partial charge in [0.25, 0.3) is 0 Å². The van der Waals surface area contributed by atoms with Gasteiger partial charge in [-0.2, -0.15) is 0 Å². The minimum absolute atomic E-state index is 0.0446. The van der Waals surface area contributed by atoms with Crippen LogP contribution in [0.25, 0.3) is 0 Å². The van der Waals surface area contributed by atoms with E-state index < -0.39 is 17.3 Å². The molecule has 0 amide bonds. The number of rotatable bonds is 4. The lowest BCUT2D eigenvalue weighted by molar-refractivity contribution is 0.0976. The molecule has 0 heterocycles. The molecule has 4 aromatic rings. The fourth-order valence-electron chi connectivity index (χ4n) is 3.72. The molecular weight excluding hydrogens is 406 g/mol. The average Bonchev–Trinajstić information content (AvgIpc) is 2.83. The Morgan fingerprint density at radius 1 is 0.594 bits per heavy atom. The van der Waals surface area contributed by atoms with Gasteiger partial charge in [-0.3, -0.25) is 9.59 Å². The van der Waals surface area contributed by atoms with E-state index in [1.807, 2.05) is 12.1 Å². The van der Waals surface area contributed by atoms with Crippen molar-refractivity contribution in [1.82, 2.24) is 0 Å². The van der Waals surface area contributed by atoms with Crippen molar-refractivity contribution in [3.8, 4) is 28.7 Å². The van der Waals surface area contributed by atoms with E-state index in [0.29, 0.717) is 11.5 Å². The van der Waals surface area contributed by atoms with E-state index in [1.54, 1.807) is 72.8 Å². The normalized spacial score (nSPS) is 12.1. The van der Waals surface area contributed by atoms with Crippen molar-refractivity contribution >= 4 is 17.3 Å². The Balaban J connectivity index is 1.76. The summed E-state index contributed by atoms with van der Waals surface area (Å²) in [6, 6.07) is 23.9. The first-order valence-corrected chi connectivity index (χ1v) is 9.89. The van der Waals surface area contributed by atoms with E-state index in [2.05, 4.69) is 0 Å². The van der Waals surface area contributed by atoms with Crippen molar-refractivity contribution in [3.63, 3.8) is 0 Å². The van der Waals surface area contributed by atoms with E-state index >= 15 is 0 Å². The third kappa shape index (κ3) is 3.06. The lowest BCUT2D eigenvalue weighted by Gasteiger charge is -2.24. The number of nitrogen functional groups attached to an aromatic ring is 1. The number of anilines is 1. The highest BCUT2D eigenvalue weighted by molar-refractivity contribution is 6.31. The smallest absolute Gasteiger partial charge is 0.214 e. The summed E-state index contributed by atoms with van der Waals surface area (Å²) in [6.45, 7) is 0. The van der Waals surface area contributed by atoms with Crippen LogP contribution in [0.3, 0.4) is 0 Å². The lowest BCUT2D eigenvalue weighted by Crippen LogP contribution is -2.23. The number of ether oxygens (including phenoxy) is 2. The molecule has 0 saturated carbocycles. The number of hydrogen-bond donors (Lipinski definition) is 2. The number of fused-ring (bicyclic) bond motifs is 2. The predicted molar refractivity (Wildman–Crippen MR) is 119 cm³/mol. The van der Waals surface area contributed by atoms with Gasteiger partial charge in [0.15, 0.2) is 23.1 Å². The van der Waals surface area contributed by atoms with Crippen LogP contribution in [-0.4, -0.2) is 16.7 Å². The molecule has 0 saturated heterocycles. The molecule has 6 heteroatoms. The summed E-state index contributed by atoms with van der Waals surface area (Å²) < 4.78 is 11.9. The summed E-state index contributed by atoms with van der Waals surface area (Å²) in [5, 5.41) is 11.2. The van der Waals surface area contributed by atoms with Gasteiger partial charge in [0, 0.05) is 11.1 Å². The molecule has 5 rings (SSSR count). The van der Waals surface area contributed by atoms with Crippen molar-refractivity contribution < 1.29 is 24.2 Å². The second kappa shape index (κ2) is 7.59. The Morgan fingerprint density at radius 3 is 1.56 bits per heavy atom. The topological polar surface area (TPSA) is 98.8 Å². The van der Waals surface area contributed by atoms with Gasteiger partial charge < -0.3 is 20.3 Å². The summed E-state index contributed by atoms with van der Waals surface area (Å²) in [4.78, 5) is 26.5. The summed E-state index contributed by atoms with van der Waals surface area (Å²) in [5.41, 5.74) is 6.43. The van der Waals surface area contributed by atoms with Gasteiger partial charge in [-0.15, -0.1) is 0 Å². The third-order valence-corrected chi connectivity index (χ3v) is 5.22. The highest BCUT2D eigenvalue weighted by Gasteiger charge is 2.38. The predicted octanol–water partition coefficient (Wildman–Crippen LogP) is 5.33. The second-order valence-corrected chi connectivity index (χ2v) is 7.20. The SMILES string of the molecule is Nc1c(Oc2ccccc2)c(Oc2ccccc2)c(O)c2c1C(=O)c1ccccc1C2=O. The van der Waals surface area contributed by atoms with Gasteiger partial charge in [0.1, 0.15) is 11.5 Å². The van der Waals surface area contributed by atoms with Gasteiger partial charge in [0.05, 0.1) is 16.8 Å². The number of phenolic OH excluding ortho intramolecular Hbond substituents is 1. The minimum Gasteiger partial charge on any atom is -0.504 e. The van der Waals surface area contributed by atoms with E-state index in [-0.39, 0.29) is 39.4 Å². The first kappa shape index (κ1) is 19.4. The fraction of sp³-hybridized carbons (Fsp3) is 0. The van der Waals surface area contributed by atoms with Gasteiger partial charge in [-0.1, -0.05) is 60.7 Å². The van der Waals surface area contributed by atoms with Crippen LogP contribution in [0.1, 0.15) is 31.8 Å². The van der Waals surface area contributed by atoms with Crippen LogP contribution in [0, 0.1) is 0 Å². The lowest BCUT2D eigenvalue weighted by atomic mass is 9.82. The maximum atomic E-state index is 13.3. The highest BCUT2D eigenvalue weighted by Crippen LogP contribution is 2.52. The van der Waals surface area contributed by atoms with Gasteiger partial charge in [-0.25, -0.2) is 0 Å². The van der Waals surface area contributed by atoms with Crippen LogP contribution >= 0.6 is 0 Å². The van der Waals surface area contributed by atoms with Crippen LogP contribution in [0.2, 0.25) is 0 Å². The first-order chi connectivity index (χ1) is 15.6. The molecule has 156 valence electrons. The molecule has 1 aliphatic rings. The molecule has 0 aromatic heterocycles. The molecule has 0 bridgehead atoms. The molecular formula is C26H17NO5. The number of para-hydroxylation sites is 2. The Morgan fingerprint density at radius 2 is 1.03 bits per heavy atom. The zero-order chi connectivity index (χ0) is 22.2. The van der Waals surface area contributed by atoms with E-state index in [1.165, 1.54) is 0 Å². The van der Waals surface area contributed by atoms with Gasteiger partial charge in [-0.05, 0) is 24.3 Å². The zero-order valence-electron chi connectivity index (χ0n) is 16.7. The Bertz CT molecular complexity index is 1260. The molecule has 0 spiro atoms. The third-order valence-electron chi connectivity index (χ3n) is 5.22. The van der Waals surface area contributed by atoms with E-state index in [4.69, 9.17) is 15.2 Å². The number of ketones is 2. The number of aromatic hydroxyl groups is 1. The highest BCUT2D eigenvalue weighted by atomic mass is 16.5. The molecule has 3 N–H and O–H groups in total. The van der Waals surface area contributed by atoms with Crippen molar-refractivity contribution in [2.75, 3.05) is 5.73 Å². The molecule has 0 aliphatic heterocycles. The Labute approximate surface area is 183 Å². The monoisotopic (exact) mass is 423 g/mol. The molecule has 32 heavy (non-hydrogen) atoms. The van der Waals surface area contributed by atoms with Crippen molar-refractivity contribution in [2.24, 2.45) is 0 Å². The molecule has 0 atom stereocenters. The standard InChI is InChI=1S/C26H17NO5/c27-21-19-20(23(29)18-14-8-7-13-17(18)22(19)28)24(30)26(32-16-11-5-2-6-12-16)25(21)31-15-9-3-1-4-10-15/h1-14,30H,27H2. The largest absolute Gasteiger partial charge is 0.504 e. The summed E-state index contributed by atoms with van der Waals surface area (Å²) in [5.74, 6) is -0.845. The van der Waals surface area contributed by atoms with Crippen molar-refractivity contribution in [3.05, 3.63) is 107 Å². The molecule has 0 unspecified atom stereocenters. The van der Waals surface area contributed by atoms with Crippen LogP contribution in [0.5, 0.6) is 28.7 Å². The van der Waals surface area contributed by atoms with E-state index in [9.17, 15) is 14.7 Å². The molecule has 0 radical (unpaired) electrons. The maximum absolute atomic E-state index is 13.3. The zero-order valence-corrected chi connectivity index (χ0v) is 16.7. The Kier molecular flexibility index (Phi) is 4.60. The Hall–Kier alpha value is -4.58. The number of hydrogen-bond acceptors (Lipinski definition) is 6. The van der Waals surface area contributed by atoms with Crippen LogP contribution in [-0.2, 0) is 0 Å². The van der Waals surface area contributed by atoms with Gasteiger partial charge >= 0.3 is 0 Å². The number of benzene rings is 4.